The largest absolute Gasteiger partial charge is 0.461 e. The zero-order valence-corrected chi connectivity index (χ0v) is 20.5. The molecule has 0 aromatic heterocycles. The summed E-state index contributed by atoms with van der Waals surface area (Å²) in [7, 11) is 2.13. The highest BCUT2D eigenvalue weighted by molar-refractivity contribution is 5.95. The summed E-state index contributed by atoms with van der Waals surface area (Å²) in [5.41, 5.74) is 4.90. The van der Waals surface area contributed by atoms with Crippen LogP contribution in [0.25, 0.3) is 0 Å². The lowest BCUT2D eigenvalue weighted by molar-refractivity contribution is -0.151. The number of carbonyl (C=O) groups is 1. The Kier molecular flexibility index (Phi) is 7.67. The number of ether oxygens (including phenoxy) is 1. The van der Waals surface area contributed by atoms with Gasteiger partial charge >= 0.3 is 0 Å². The monoisotopic (exact) mass is 465 g/mol. The SMILES string of the molecule is CC(C)C1c2ccc(F)cc2CC[C@@]1(CCN(C)CCCC1=Nc2ccccc2NC1)OC=O. The summed E-state index contributed by atoms with van der Waals surface area (Å²) < 4.78 is 19.7. The molecule has 0 saturated carbocycles. The maximum atomic E-state index is 13.8. The number of hydrogen-bond acceptors (Lipinski definition) is 5. The second-order valence-corrected chi connectivity index (χ2v) is 10.0. The summed E-state index contributed by atoms with van der Waals surface area (Å²) in [4.78, 5) is 18.7. The van der Waals surface area contributed by atoms with Crippen molar-refractivity contribution in [3.63, 3.8) is 0 Å². The lowest BCUT2D eigenvalue weighted by atomic mass is 9.65. The van der Waals surface area contributed by atoms with Crippen molar-refractivity contribution in [3.05, 3.63) is 59.4 Å². The Balaban J connectivity index is 1.37. The van der Waals surface area contributed by atoms with Gasteiger partial charge in [0.25, 0.3) is 6.47 Å². The Bertz CT molecular complexity index is 1040. The molecule has 0 amide bonds. The van der Waals surface area contributed by atoms with Gasteiger partial charge in [-0.3, -0.25) is 9.79 Å². The van der Waals surface area contributed by atoms with E-state index in [1.807, 2.05) is 24.3 Å². The average molecular weight is 466 g/mol. The zero-order valence-electron chi connectivity index (χ0n) is 20.5. The predicted molar refractivity (Wildman–Crippen MR) is 136 cm³/mol. The first-order chi connectivity index (χ1) is 16.4. The molecule has 34 heavy (non-hydrogen) atoms. The van der Waals surface area contributed by atoms with Gasteiger partial charge in [0, 0.05) is 24.6 Å². The van der Waals surface area contributed by atoms with Crippen molar-refractivity contribution in [2.45, 2.75) is 57.5 Å². The molecule has 0 spiro atoms. The van der Waals surface area contributed by atoms with Gasteiger partial charge in [-0.05, 0) is 80.6 Å². The van der Waals surface area contributed by atoms with Crippen LogP contribution in [0.2, 0.25) is 0 Å². The van der Waals surface area contributed by atoms with Gasteiger partial charge in [-0.2, -0.15) is 0 Å². The van der Waals surface area contributed by atoms with Gasteiger partial charge < -0.3 is 15.0 Å². The lowest BCUT2D eigenvalue weighted by Crippen LogP contribution is -2.47. The molecular weight excluding hydrogens is 429 g/mol. The van der Waals surface area contributed by atoms with Crippen LogP contribution in [0, 0.1) is 11.7 Å². The van der Waals surface area contributed by atoms with Crippen LogP contribution >= 0.6 is 0 Å². The molecule has 0 radical (unpaired) electrons. The van der Waals surface area contributed by atoms with Gasteiger partial charge in [0.1, 0.15) is 11.4 Å². The quantitative estimate of drug-likeness (QED) is 0.456. The van der Waals surface area contributed by atoms with E-state index >= 15 is 0 Å². The van der Waals surface area contributed by atoms with Crippen LogP contribution in [-0.4, -0.2) is 49.4 Å². The van der Waals surface area contributed by atoms with Crippen molar-refractivity contribution >= 4 is 23.6 Å². The molecule has 2 aliphatic rings. The third-order valence-electron chi connectivity index (χ3n) is 7.36. The number of rotatable bonds is 10. The second-order valence-electron chi connectivity index (χ2n) is 10.0. The Morgan fingerprint density at radius 2 is 2.09 bits per heavy atom. The van der Waals surface area contributed by atoms with Crippen LogP contribution in [0.5, 0.6) is 0 Å². The molecule has 1 aliphatic carbocycles. The van der Waals surface area contributed by atoms with Gasteiger partial charge in [-0.1, -0.05) is 32.0 Å². The molecule has 1 N–H and O–H groups in total. The first-order valence-electron chi connectivity index (χ1n) is 12.4. The van der Waals surface area contributed by atoms with Crippen molar-refractivity contribution in [3.8, 4) is 0 Å². The van der Waals surface area contributed by atoms with E-state index in [0.717, 1.165) is 74.2 Å². The van der Waals surface area contributed by atoms with E-state index in [1.165, 1.54) is 11.8 Å². The van der Waals surface area contributed by atoms with E-state index in [0.29, 0.717) is 6.47 Å². The van der Waals surface area contributed by atoms with Gasteiger partial charge in [-0.25, -0.2) is 4.39 Å². The number of fused-ring (bicyclic) bond motifs is 2. The summed E-state index contributed by atoms with van der Waals surface area (Å²) >= 11 is 0. The maximum absolute atomic E-state index is 13.8. The summed E-state index contributed by atoms with van der Waals surface area (Å²) in [5, 5.41) is 3.45. The number of aryl methyl sites for hydroxylation is 1. The Morgan fingerprint density at radius 1 is 1.26 bits per heavy atom. The minimum absolute atomic E-state index is 0.0539. The normalized spacial score (nSPS) is 21.5. The molecular formula is C28H36FN3O2. The molecule has 0 bridgehead atoms. The third kappa shape index (κ3) is 5.33. The summed E-state index contributed by atoms with van der Waals surface area (Å²) in [6.07, 6.45) is 4.19. The molecule has 2 aromatic carbocycles. The minimum atomic E-state index is -0.559. The number of para-hydroxylation sites is 2. The predicted octanol–water partition coefficient (Wildman–Crippen LogP) is 5.72. The van der Waals surface area contributed by atoms with Gasteiger partial charge in [-0.15, -0.1) is 0 Å². The summed E-state index contributed by atoms with van der Waals surface area (Å²) in [6, 6.07) is 13.2. The van der Waals surface area contributed by atoms with Crippen LogP contribution in [0.3, 0.4) is 0 Å². The molecule has 5 nitrogen and oxygen atoms in total. The molecule has 1 aliphatic heterocycles. The van der Waals surface area contributed by atoms with E-state index in [9.17, 15) is 9.18 Å². The van der Waals surface area contributed by atoms with Crippen molar-refractivity contribution < 1.29 is 13.9 Å². The van der Waals surface area contributed by atoms with E-state index in [4.69, 9.17) is 9.73 Å². The fraction of sp³-hybridized carbons (Fsp3) is 0.500. The number of nitrogens with one attached hydrogen (secondary N) is 1. The first kappa shape index (κ1) is 24.4. The topological polar surface area (TPSA) is 53.9 Å². The number of nitrogens with zero attached hydrogens (tertiary/aromatic N) is 2. The second kappa shape index (κ2) is 10.7. The van der Waals surface area contributed by atoms with Crippen molar-refractivity contribution in [2.75, 3.05) is 32.0 Å². The molecule has 2 atom stereocenters. The van der Waals surface area contributed by atoms with E-state index in [1.54, 1.807) is 6.07 Å². The Morgan fingerprint density at radius 3 is 2.88 bits per heavy atom. The lowest BCUT2D eigenvalue weighted by Gasteiger charge is -2.46. The molecule has 1 heterocycles. The Labute approximate surface area is 202 Å². The molecule has 4 rings (SSSR count). The minimum Gasteiger partial charge on any atom is -0.461 e. The number of aliphatic imine (C=N–C) groups is 1. The van der Waals surface area contributed by atoms with Gasteiger partial charge in [0.2, 0.25) is 0 Å². The van der Waals surface area contributed by atoms with Crippen LogP contribution in [0.4, 0.5) is 15.8 Å². The first-order valence-corrected chi connectivity index (χ1v) is 12.4. The molecule has 0 saturated heterocycles. The van der Waals surface area contributed by atoms with E-state index in [-0.39, 0.29) is 17.7 Å². The standard InChI is InChI=1S/C28H36FN3O2/c1-20(2)27-24-11-10-22(29)17-21(24)12-13-28(27,34-19-33)14-16-32(3)15-6-7-23-18-30-25-8-4-5-9-26(25)31-23/h4-5,8-11,17,19-20,27,30H,6-7,12-16,18H2,1-3H3/t27?,28-/m0/s1. The number of benzene rings is 2. The van der Waals surface area contributed by atoms with E-state index < -0.39 is 5.60 Å². The smallest absolute Gasteiger partial charge is 0.293 e. The van der Waals surface area contributed by atoms with Gasteiger partial charge in [0.15, 0.2) is 0 Å². The van der Waals surface area contributed by atoms with Crippen molar-refractivity contribution in [2.24, 2.45) is 10.9 Å². The number of hydrogen-bond donors (Lipinski definition) is 1. The highest BCUT2D eigenvalue weighted by Crippen LogP contribution is 2.47. The fourth-order valence-corrected chi connectivity index (χ4v) is 5.73. The van der Waals surface area contributed by atoms with Crippen molar-refractivity contribution in [1.82, 2.24) is 4.90 Å². The molecule has 1 unspecified atom stereocenters. The summed E-state index contributed by atoms with van der Waals surface area (Å²) in [6.45, 7) is 7.51. The van der Waals surface area contributed by atoms with Gasteiger partial charge in [0.05, 0.1) is 17.9 Å². The number of anilines is 1. The maximum Gasteiger partial charge on any atom is 0.293 e. The number of carbonyl (C=O) groups excluding carboxylic acids is 1. The molecule has 2 aromatic rings. The van der Waals surface area contributed by atoms with Crippen LogP contribution in [-0.2, 0) is 16.0 Å². The van der Waals surface area contributed by atoms with Crippen LogP contribution < -0.4 is 5.32 Å². The fourth-order valence-electron chi connectivity index (χ4n) is 5.73. The molecule has 182 valence electrons. The van der Waals surface area contributed by atoms with Crippen LogP contribution in [0.1, 0.15) is 56.6 Å². The van der Waals surface area contributed by atoms with E-state index in [2.05, 4.69) is 37.2 Å². The average Bonchev–Trinajstić information content (AvgIpc) is 2.82. The Hall–Kier alpha value is -2.73. The highest BCUT2D eigenvalue weighted by Gasteiger charge is 2.46. The summed E-state index contributed by atoms with van der Waals surface area (Å²) in [5.74, 6) is 0.124. The highest BCUT2D eigenvalue weighted by atomic mass is 19.1. The van der Waals surface area contributed by atoms with Crippen LogP contribution in [0.15, 0.2) is 47.5 Å². The van der Waals surface area contributed by atoms with Crippen molar-refractivity contribution in [1.29, 1.82) is 0 Å². The zero-order chi connectivity index (χ0) is 24.1. The molecule has 6 heteroatoms. The molecule has 0 fully saturated rings. The third-order valence-corrected chi connectivity index (χ3v) is 7.36. The number of halogens is 1.